The monoisotopic (exact) mass is 388 g/mol. The standard InChI is InChI=1S/C16H15F3N2O4S/c1-11-14(21(22)23)8-5-9-15(11)26(24,25)20(2)10-12-6-3-4-7-13(12)16(17,18)19/h3-9H,10H2,1-2H3. The van der Waals surface area contributed by atoms with Crippen LogP contribution >= 0.6 is 0 Å². The highest BCUT2D eigenvalue weighted by molar-refractivity contribution is 7.89. The average Bonchev–Trinajstić information content (AvgIpc) is 2.54. The van der Waals surface area contributed by atoms with Crippen LogP contribution in [0.15, 0.2) is 47.4 Å². The molecule has 0 aromatic heterocycles. The third-order valence-electron chi connectivity index (χ3n) is 3.86. The van der Waals surface area contributed by atoms with Crippen LogP contribution < -0.4 is 0 Å². The number of nitro groups is 1. The van der Waals surface area contributed by atoms with E-state index in [9.17, 15) is 31.7 Å². The Morgan fingerprint density at radius 3 is 2.31 bits per heavy atom. The Morgan fingerprint density at radius 2 is 1.73 bits per heavy atom. The van der Waals surface area contributed by atoms with Crippen LogP contribution in [0.1, 0.15) is 16.7 Å². The molecule has 0 bridgehead atoms. The summed E-state index contributed by atoms with van der Waals surface area (Å²) >= 11 is 0. The summed E-state index contributed by atoms with van der Waals surface area (Å²) in [6.45, 7) is 0.753. The molecule has 2 aromatic carbocycles. The van der Waals surface area contributed by atoms with Crippen LogP contribution in [0.2, 0.25) is 0 Å². The minimum atomic E-state index is -4.62. The molecule has 0 heterocycles. The van der Waals surface area contributed by atoms with Gasteiger partial charge in [-0.2, -0.15) is 17.5 Å². The summed E-state index contributed by atoms with van der Waals surface area (Å²) in [5, 5.41) is 11.0. The number of nitrogens with zero attached hydrogens (tertiary/aromatic N) is 2. The summed E-state index contributed by atoms with van der Waals surface area (Å²) in [4.78, 5) is 9.95. The van der Waals surface area contributed by atoms with Gasteiger partial charge in [0.2, 0.25) is 10.0 Å². The van der Waals surface area contributed by atoms with E-state index in [0.29, 0.717) is 0 Å². The summed E-state index contributed by atoms with van der Waals surface area (Å²) in [7, 11) is -3.10. The number of sulfonamides is 1. The molecule has 10 heteroatoms. The molecule has 0 aliphatic heterocycles. The second-order valence-corrected chi connectivity index (χ2v) is 7.59. The first-order valence-corrected chi connectivity index (χ1v) is 8.75. The fraction of sp³-hybridized carbons (Fsp3) is 0.250. The molecule has 0 N–H and O–H groups in total. The fourth-order valence-corrected chi connectivity index (χ4v) is 3.89. The van der Waals surface area contributed by atoms with Crippen molar-refractivity contribution in [3.8, 4) is 0 Å². The number of benzene rings is 2. The summed E-state index contributed by atoms with van der Waals surface area (Å²) in [6.07, 6.45) is -4.62. The Morgan fingerprint density at radius 1 is 1.12 bits per heavy atom. The van der Waals surface area contributed by atoms with Gasteiger partial charge >= 0.3 is 6.18 Å². The molecule has 0 spiro atoms. The van der Waals surface area contributed by atoms with Crippen molar-refractivity contribution in [2.75, 3.05) is 7.05 Å². The third kappa shape index (κ3) is 3.86. The molecule has 26 heavy (non-hydrogen) atoms. The first-order valence-electron chi connectivity index (χ1n) is 7.31. The maximum Gasteiger partial charge on any atom is 0.416 e. The fourth-order valence-electron chi connectivity index (χ4n) is 2.51. The van der Waals surface area contributed by atoms with E-state index in [1.807, 2.05) is 0 Å². The van der Waals surface area contributed by atoms with Gasteiger partial charge in [0.15, 0.2) is 0 Å². The maximum atomic E-state index is 13.1. The topological polar surface area (TPSA) is 80.5 Å². The number of rotatable bonds is 5. The van der Waals surface area contributed by atoms with E-state index in [2.05, 4.69) is 0 Å². The molecule has 0 atom stereocenters. The van der Waals surface area contributed by atoms with Crippen LogP contribution in [0.25, 0.3) is 0 Å². The third-order valence-corrected chi connectivity index (χ3v) is 5.80. The molecular weight excluding hydrogens is 373 g/mol. The van der Waals surface area contributed by atoms with Crippen LogP contribution in [0.5, 0.6) is 0 Å². The molecule has 0 amide bonds. The molecule has 0 aliphatic carbocycles. The summed E-state index contributed by atoms with van der Waals surface area (Å²) < 4.78 is 65.4. The molecule has 0 radical (unpaired) electrons. The van der Waals surface area contributed by atoms with Crippen LogP contribution in [0, 0.1) is 17.0 Å². The van der Waals surface area contributed by atoms with E-state index in [-0.39, 0.29) is 21.7 Å². The Hall–Kier alpha value is -2.46. The minimum Gasteiger partial charge on any atom is -0.258 e. The quantitative estimate of drug-likeness (QED) is 0.577. The number of hydrogen-bond donors (Lipinski definition) is 0. The predicted octanol–water partition coefficient (Wildman–Crippen LogP) is 3.74. The molecule has 0 fully saturated rings. The van der Waals surface area contributed by atoms with Crippen molar-refractivity contribution in [3.05, 3.63) is 69.3 Å². The van der Waals surface area contributed by atoms with Crippen LogP contribution in [-0.2, 0) is 22.7 Å². The van der Waals surface area contributed by atoms with Gasteiger partial charge in [0.05, 0.1) is 15.4 Å². The zero-order valence-corrected chi connectivity index (χ0v) is 14.6. The van der Waals surface area contributed by atoms with Crippen molar-refractivity contribution in [1.29, 1.82) is 0 Å². The number of halogens is 3. The zero-order chi connectivity index (χ0) is 19.7. The Bertz CT molecular complexity index is 943. The smallest absolute Gasteiger partial charge is 0.258 e. The highest BCUT2D eigenvalue weighted by Gasteiger charge is 2.34. The van der Waals surface area contributed by atoms with Crippen LogP contribution in [0.3, 0.4) is 0 Å². The highest BCUT2D eigenvalue weighted by Crippen LogP contribution is 2.33. The van der Waals surface area contributed by atoms with Gasteiger partial charge in [0.25, 0.3) is 5.69 Å². The highest BCUT2D eigenvalue weighted by atomic mass is 32.2. The van der Waals surface area contributed by atoms with Gasteiger partial charge < -0.3 is 0 Å². The molecule has 2 rings (SSSR count). The Balaban J connectivity index is 2.44. The van der Waals surface area contributed by atoms with Crippen molar-refractivity contribution >= 4 is 15.7 Å². The van der Waals surface area contributed by atoms with E-state index in [1.165, 1.54) is 37.3 Å². The SMILES string of the molecule is Cc1c([N+](=O)[O-])cccc1S(=O)(=O)N(C)Cc1ccccc1C(F)(F)F. The van der Waals surface area contributed by atoms with Crippen molar-refractivity contribution in [2.45, 2.75) is 24.5 Å². The van der Waals surface area contributed by atoms with Crippen molar-refractivity contribution < 1.29 is 26.5 Å². The van der Waals surface area contributed by atoms with Gasteiger partial charge in [-0.3, -0.25) is 10.1 Å². The lowest BCUT2D eigenvalue weighted by Gasteiger charge is -2.20. The average molecular weight is 388 g/mol. The van der Waals surface area contributed by atoms with Gasteiger partial charge in [0.1, 0.15) is 0 Å². The minimum absolute atomic E-state index is 0.0755. The van der Waals surface area contributed by atoms with Gasteiger partial charge in [-0.1, -0.05) is 24.3 Å². The van der Waals surface area contributed by atoms with E-state index >= 15 is 0 Å². The molecule has 0 aliphatic rings. The lowest BCUT2D eigenvalue weighted by atomic mass is 10.1. The van der Waals surface area contributed by atoms with Crippen LogP contribution in [-0.4, -0.2) is 24.7 Å². The summed E-state index contributed by atoms with van der Waals surface area (Å²) in [5.74, 6) is 0. The first-order chi connectivity index (χ1) is 12.0. The molecule has 0 unspecified atom stereocenters. The number of alkyl halides is 3. The van der Waals surface area contributed by atoms with Gasteiger partial charge in [-0.15, -0.1) is 0 Å². The lowest BCUT2D eigenvalue weighted by Crippen LogP contribution is -2.28. The van der Waals surface area contributed by atoms with Crippen molar-refractivity contribution in [2.24, 2.45) is 0 Å². The largest absolute Gasteiger partial charge is 0.416 e. The van der Waals surface area contributed by atoms with Gasteiger partial charge in [-0.25, -0.2) is 8.42 Å². The maximum absolute atomic E-state index is 13.1. The second kappa shape index (κ2) is 7.04. The van der Waals surface area contributed by atoms with E-state index in [1.54, 1.807) is 0 Å². The normalized spacial score (nSPS) is 12.4. The van der Waals surface area contributed by atoms with E-state index < -0.39 is 33.2 Å². The number of hydrogen-bond acceptors (Lipinski definition) is 4. The van der Waals surface area contributed by atoms with Gasteiger partial charge in [-0.05, 0) is 24.6 Å². The first kappa shape index (κ1) is 19.9. The Kier molecular flexibility index (Phi) is 5.38. The van der Waals surface area contributed by atoms with Crippen molar-refractivity contribution in [3.63, 3.8) is 0 Å². The van der Waals surface area contributed by atoms with Crippen molar-refractivity contribution in [1.82, 2.24) is 4.31 Å². The van der Waals surface area contributed by atoms with Crippen LogP contribution in [0.4, 0.5) is 18.9 Å². The summed E-state index contributed by atoms with van der Waals surface area (Å²) in [6, 6.07) is 8.21. The summed E-state index contributed by atoms with van der Waals surface area (Å²) in [5.41, 5.74) is -1.60. The molecular formula is C16H15F3N2O4S. The zero-order valence-electron chi connectivity index (χ0n) is 13.8. The molecule has 140 valence electrons. The van der Waals surface area contributed by atoms with Gasteiger partial charge in [0, 0.05) is 25.2 Å². The second-order valence-electron chi connectivity index (χ2n) is 5.57. The Labute approximate surface area is 148 Å². The predicted molar refractivity (Wildman–Crippen MR) is 87.9 cm³/mol. The lowest BCUT2D eigenvalue weighted by molar-refractivity contribution is -0.385. The molecule has 6 nitrogen and oxygen atoms in total. The number of nitro benzene ring substituents is 1. The molecule has 0 saturated heterocycles. The van der Waals surface area contributed by atoms with E-state index in [4.69, 9.17) is 0 Å². The molecule has 0 saturated carbocycles. The molecule has 2 aromatic rings. The van der Waals surface area contributed by atoms with E-state index in [0.717, 1.165) is 23.5 Å².